The molecule has 8 heteroatoms. The van der Waals surface area contributed by atoms with Gasteiger partial charge >= 0.3 is 0 Å². The summed E-state index contributed by atoms with van der Waals surface area (Å²) in [5, 5.41) is 12.0. The highest BCUT2D eigenvalue weighted by Gasteiger charge is 2.06. The fraction of sp³-hybridized carbons (Fsp3) is 0. The molecule has 0 aliphatic heterocycles. The first-order valence-corrected chi connectivity index (χ1v) is 4.47. The molecule has 0 atom stereocenters. The van der Waals surface area contributed by atoms with Crippen LogP contribution in [0.1, 0.15) is 0 Å². The number of nitrogens with zero attached hydrogens (tertiary/aromatic N) is 2. The molecular formula is C6H8ClN3O3S. The van der Waals surface area contributed by atoms with E-state index in [-0.39, 0.29) is 17.3 Å². The van der Waals surface area contributed by atoms with Crippen LogP contribution >= 0.6 is 12.4 Å². The van der Waals surface area contributed by atoms with E-state index in [0.29, 0.717) is 5.69 Å². The first-order chi connectivity index (χ1) is 6.00. The van der Waals surface area contributed by atoms with Gasteiger partial charge in [-0.3, -0.25) is 4.55 Å². The van der Waals surface area contributed by atoms with Gasteiger partial charge in [0.2, 0.25) is 0 Å². The van der Waals surface area contributed by atoms with E-state index >= 15 is 0 Å². The lowest BCUT2D eigenvalue weighted by atomic mass is 10.3. The molecule has 6 nitrogen and oxygen atoms in total. The van der Waals surface area contributed by atoms with Gasteiger partial charge < -0.3 is 5.73 Å². The molecule has 0 radical (unpaired) electrons. The average Bonchev–Trinajstić information content (AvgIpc) is 2.07. The molecule has 1 aromatic rings. The predicted molar refractivity (Wildman–Crippen MR) is 51.4 cm³/mol. The van der Waals surface area contributed by atoms with E-state index in [0.717, 1.165) is 0 Å². The smallest absolute Gasteiger partial charge is 0.294 e. The summed E-state index contributed by atoms with van der Waals surface area (Å²) in [5.74, 6) is 0. The molecule has 0 spiro atoms. The Morgan fingerprint density at radius 3 is 1.79 bits per heavy atom. The van der Waals surface area contributed by atoms with E-state index in [1.54, 1.807) is 0 Å². The van der Waals surface area contributed by atoms with E-state index < -0.39 is 10.1 Å². The van der Waals surface area contributed by atoms with E-state index in [9.17, 15) is 8.42 Å². The Hall–Kier alpha value is -1.36. The minimum absolute atomic E-state index is 0. The molecule has 1 aromatic carbocycles. The maximum atomic E-state index is 10.5. The van der Waals surface area contributed by atoms with E-state index in [1.165, 1.54) is 24.3 Å². The molecule has 0 unspecified atom stereocenters. The standard InChI is InChI=1S/C6H7NO3S.ClH.N2/c7-5-1-3-6(4-2-5)11(8,9)10;;1-2/h1-4H,7H2,(H,8,9,10);1H;. The van der Waals surface area contributed by atoms with Crippen molar-refractivity contribution in [2.45, 2.75) is 4.90 Å². The van der Waals surface area contributed by atoms with Crippen molar-refractivity contribution < 1.29 is 13.0 Å². The lowest BCUT2D eigenvalue weighted by molar-refractivity contribution is 0.483. The summed E-state index contributed by atoms with van der Waals surface area (Å²) in [6.07, 6.45) is 0. The molecule has 3 N–H and O–H groups in total. The van der Waals surface area contributed by atoms with Crippen LogP contribution in [-0.2, 0) is 10.1 Å². The fourth-order valence-electron chi connectivity index (χ4n) is 0.640. The summed E-state index contributed by atoms with van der Waals surface area (Å²) in [5.41, 5.74) is 5.75. The second-order valence-corrected chi connectivity index (χ2v) is 3.47. The largest absolute Gasteiger partial charge is 0.399 e. The third-order valence-corrected chi connectivity index (χ3v) is 2.05. The molecule has 0 saturated heterocycles. The van der Waals surface area contributed by atoms with E-state index in [1.807, 2.05) is 0 Å². The van der Waals surface area contributed by atoms with Crippen LogP contribution < -0.4 is 5.73 Å². The van der Waals surface area contributed by atoms with Crippen molar-refractivity contribution in [3.8, 4) is 0 Å². The van der Waals surface area contributed by atoms with Crippen molar-refractivity contribution in [1.29, 1.82) is 10.8 Å². The second-order valence-electron chi connectivity index (χ2n) is 2.04. The molecule has 0 aromatic heterocycles. The van der Waals surface area contributed by atoms with Crippen molar-refractivity contribution in [3.63, 3.8) is 0 Å². The molecule has 78 valence electrons. The Kier molecular flexibility index (Phi) is 6.64. The van der Waals surface area contributed by atoms with Crippen LogP contribution in [0.25, 0.3) is 0 Å². The fourth-order valence-corrected chi connectivity index (χ4v) is 1.12. The SMILES string of the molecule is Cl.N#N.Nc1ccc(S(=O)(=O)O)cc1. The normalized spacial score (nSPS) is 9.07. The second kappa shape index (κ2) is 6.15. The first kappa shape index (κ1) is 15.1. The molecule has 0 fully saturated rings. The molecule has 1 rings (SSSR count). The highest BCUT2D eigenvalue weighted by molar-refractivity contribution is 7.85. The maximum absolute atomic E-state index is 10.5. The van der Waals surface area contributed by atoms with Crippen molar-refractivity contribution in [2.75, 3.05) is 5.73 Å². The number of anilines is 1. The minimum Gasteiger partial charge on any atom is -0.399 e. The number of benzene rings is 1. The van der Waals surface area contributed by atoms with Crippen LogP contribution in [0.3, 0.4) is 0 Å². The van der Waals surface area contributed by atoms with Gasteiger partial charge in [0.05, 0.1) is 4.90 Å². The third kappa shape index (κ3) is 4.61. The molecular weight excluding hydrogens is 230 g/mol. The maximum Gasteiger partial charge on any atom is 0.294 e. The molecule has 0 aliphatic rings. The summed E-state index contributed by atoms with van der Waals surface area (Å²) in [6.45, 7) is 0. The zero-order valence-corrected chi connectivity index (χ0v) is 8.49. The summed E-state index contributed by atoms with van der Waals surface area (Å²) in [6, 6.07) is 5.29. The number of halogens is 1. The molecule has 0 aliphatic carbocycles. The highest BCUT2D eigenvalue weighted by atomic mass is 35.5. The zero-order valence-electron chi connectivity index (χ0n) is 6.86. The summed E-state index contributed by atoms with van der Waals surface area (Å²) in [7, 11) is -4.08. The number of hydrogen-bond acceptors (Lipinski definition) is 5. The number of hydrogen-bond donors (Lipinski definition) is 2. The summed E-state index contributed by atoms with van der Waals surface area (Å²) >= 11 is 0. The van der Waals surface area contributed by atoms with Gasteiger partial charge in [0.15, 0.2) is 0 Å². The quantitative estimate of drug-likeness (QED) is 0.425. The van der Waals surface area contributed by atoms with Crippen molar-refractivity contribution in [3.05, 3.63) is 24.3 Å². The first-order valence-electron chi connectivity index (χ1n) is 3.03. The topological polar surface area (TPSA) is 128 Å². The molecule has 0 bridgehead atoms. The van der Waals surface area contributed by atoms with Crippen LogP contribution in [0.2, 0.25) is 0 Å². The van der Waals surface area contributed by atoms with Crippen molar-refractivity contribution in [2.24, 2.45) is 0 Å². The van der Waals surface area contributed by atoms with Crippen molar-refractivity contribution >= 4 is 28.2 Å². The molecule has 0 heterocycles. The Morgan fingerprint density at radius 1 is 1.14 bits per heavy atom. The van der Waals surface area contributed by atoms with Gasteiger partial charge in [0.1, 0.15) is 0 Å². The number of nitrogen functional groups attached to an aromatic ring is 1. The van der Waals surface area contributed by atoms with Crippen LogP contribution in [0.15, 0.2) is 29.2 Å². The molecule has 14 heavy (non-hydrogen) atoms. The van der Waals surface area contributed by atoms with Gasteiger partial charge in [0, 0.05) is 16.5 Å². The van der Waals surface area contributed by atoms with Gasteiger partial charge in [0.25, 0.3) is 10.1 Å². The van der Waals surface area contributed by atoms with Crippen LogP contribution in [0.4, 0.5) is 5.69 Å². The predicted octanol–water partition coefficient (Wildman–Crippen LogP) is 0.967. The number of nitrogens with two attached hydrogens (primary N) is 1. The van der Waals surface area contributed by atoms with Crippen LogP contribution in [0.5, 0.6) is 0 Å². The Morgan fingerprint density at radius 2 is 1.50 bits per heavy atom. The Bertz CT molecular complexity index is 387. The van der Waals surface area contributed by atoms with E-state index in [2.05, 4.69) is 0 Å². The number of rotatable bonds is 1. The van der Waals surface area contributed by atoms with Crippen LogP contribution in [0, 0.1) is 10.8 Å². The Labute approximate surface area is 87.3 Å². The third-order valence-electron chi connectivity index (χ3n) is 1.18. The Balaban J connectivity index is 0. The van der Waals surface area contributed by atoms with Gasteiger partial charge in [-0.05, 0) is 24.3 Å². The summed E-state index contributed by atoms with van der Waals surface area (Å²) < 4.78 is 29.4. The lowest BCUT2D eigenvalue weighted by Crippen LogP contribution is -1.97. The lowest BCUT2D eigenvalue weighted by Gasteiger charge is -1.95. The monoisotopic (exact) mass is 237 g/mol. The van der Waals surface area contributed by atoms with E-state index in [4.69, 9.17) is 21.1 Å². The van der Waals surface area contributed by atoms with Crippen molar-refractivity contribution in [1.82, 2.24) is 0 Å². The van der Waals surface area contributed by atoms with Gasteiger partial charge in [-0.1, -0.05) is 0 Å². The van der Waals surface area contributed by atoms with Gasteiger partial charge in [-0.2, -0.15) is 8.42 Å². The van der Waals surface area contributed by atoms with Crippen LogP contribution in [-0.4, -0.2) is 13.0 Å². The van der Waals surface area contributed by atoms with Gasteiger partial charge in [-0.15, -0.1) is 12.4 Å². The summed E-state index contributed by atoms with van der Waals surface area (Å²) in [4.78, 5) is -0.147. The zero-order chi connectivity index (χ0) is 10.5. The average molecular weight is 238 g/mol. The minimum atomic E-state index is -4.08. The van der Waals surface area contributed by atoms with Gasteiger partial charge in [-0.25, -0.2) is 0 Å². The highest BCUT2D eigenvalue weighted by Crippen LogP contribution is 2.10. The molecule has 0 saturated carbocycles. The molecule has 0 amide bonds.